The largest absolute Gasteiger partial charge is 0.365 e. The summed E-state index contributed by atoms with van der Waals surface area (Å²) < 4.78 is 1.79. The molecule has 1 aliphatic rings. The van der Waals surface area contributed by atoms with E-state index in [4.69, 9.17) is 0 Å². The van der Waals surface area contributed by atoms with E-state index in [-0.39, 0.29) is 0 Å². The molecule has 0 bridgehead atoms. The van der Waals surface area contributed by atoms with Crippen molar-refractivity contribution < 1.29 is 0 Å². The number of fused-ring (bicyclic) bond motifs is 1. The van der Waals surface area contributed by atoms with E-state index in [0.717, 1.165) is 41.8 Å². The van der Waals surface area contributed by atoms with Crippen LogP contribution in [-0.4, -0.2) is 37.9 Å². The monoisotopic (exact) mass is 391 g/mol. The quantitative estimate of drug-likeness (QED) is 0.557. The summed E-state index contributed by atoms with van der Waals surface area (Å²) in [6, 6.07) is 10.1. The third-order valence-electron chi connectivity index (χ3n) is 5.01. The Hall–Kier alpha value is -3.00. The Morgan fingerprint density at radius 1 is 1.04 bits per heavy atom. The smallest absolute Gasteiger partial charge is 0.186 e. The number of pyridine rings is 1. The van der Waals surface area contributed by atoms with Crippen LogP contribution in [-0.2, 0) is 6.54 Å². The van der Waals surface area contributed by atoms with E-state index in [1.807, 2.05) is 29.8 Å². The van der Waals surface area contributed by atoms with Crippen molar-refractivity contribution in [1.29, 1.82) is 0 Å². The van der Waals surface area contributed by atoms with Crippen LogP contribution in [0.1, 0.15) is 24.8 Å². The molecule has 1 fully saturated rings. The van der Waals surface area contributed by atoms with Crippen molar-refractivity contribution in [3.8, 4) is 11.4 Å². The highest BCUT2D eigenvalue weighted by atomic mass is 32.1. The lowest BCUT2D eigenvalue weighted by molar-refractivity contribution is 0.573. The Morgan fingerprint density at radius 3 is 2.82 bits per heavy atom. The van der Waals surface area contributed by atoms with Gasteiger partial charge in [-0.25, -0.2) is 4.98 Å². The zero-order valence-corrected chi connectivity index (χ0v) is 16.3. The average Bonchev–Trinajstić information content (AvgIpc) is 3.42. The number of nitrogens with one attached hydrogen (secondary N) is 1. The minimum absolute atomic E-state index is 0.692. The Kier molecular flexibility index (Phi) is 4.62. The standard InChI is InChI=1S/C20H21N7S/c1-2-9-26(10-3-1)19-12-15(6-8-21-19)13-22-17-4-5-18-23-24-20(27(18)25-17)16-7-11-28-14-16/h4-8,11-12,14H,1-3,9-10,13H2,(H,22,25). The van der Waals surface area contributed by atoms with Crippen molar-refractivity contribution in [2.75, 3.05) is 23.3 Å². The van der Waals surface area contributed by atoms with Gasteiger partial charge in [0.1, 0.15) is 11.6 Å². The van der Waals surface area contributed by atoms with Gasteiger partial charge in [0, 0.05) is 36.8 Å². The SMILES string of the molecule is c1cc(CNc2ccc3nnc(-c4ccsc4)n3n2)cc(N2CCCCC2)n1. The van der Waals surface area contributed by atoms with Gasteiger partial charge < -0.3 is 10.2 Å². The molecule has 0 radical (unpaired) electrons. The second-order valence-corrected chi connectivity index (χ2v) is 7.73. The van der Waals surface area contributed by atoms with Crippen LogP contribution in [0.5, 0.6) is 0 Å². The van der Waals surface area contributed by atoms with Gasteiger partial charge in [0.15, 0.2) is 11.5 Å². The average molecular weight is 392 g/mol. The number of aromatic nitrogens is 5. The topological polar surface area (TPSA) is 71.2 Å². The van der Waals surface area contributed by atoms with Crippen LogP contribution in [0.2, 0.25) is 0 Å². The number of piperidine rings is 1. The van der Waals surface area contributed by atoms with Crippen LogP contribution in [0.3, 0.4) is 0 Å². The van der Waals surface area contributed by atoms with Crippen molar-refractivity contribution in [2.24, 2.45) is 0 Å². The number of rotatable bonds is 5. The predicted octanol–water partition coefficient (Wildman–Crippen LogP) is 3.85. The molecule has 28 heavy (non-hydrogen) atoms. The molecule has 5 rings (SSSR count). The van der Waals surface area contributed by atoms with Gasteiger partial charge in [-0.05, 0) is 60.5 Å². The Labute approximate surface area is 167 Å². The maximum atomic E-state index is 4.68. The minimum Gasteiger partial charge on any atom is -0.365 e. The van der Waals surface area contributed by atoms with Gasteiger partial charge in [-0.15, -0.1) is 15.3 Å². The Bertz CT molecular complexity index is 1070. The van der Waals surface area contributed by atoms with Crippen molar-refractivity contribution >= 4 is 28.6 Å². The van der Waals surface area contributed by atoms with E-state index < -0.39 is 0 Å². The highest BCUT2D eigenvalue weighted by Gasteiger charge is 2.13. The molecule has 0 unspecified atom stereocenters. The van der Waals surface area contributed by atoms with Crippen LogP contribution in [0.4, 0.5) is 11.6 Å². The normalized spacial score (nSPS) is 14.5. The molecular weight excluding hydrogens is 370 g/mol. The van der Waals surface area contributed by atoms with E-state index in [1.165, 1.54) is 24.8 Å². The van der Waals surface area contributed by atoms with E-state index in [9.17, 15) is 0 Å². The van der Waals surface area contributed by atoms with Gasteiger partial charge in [0.05, 0.1) is 0 Å². The summed E-state index contributed by atoms with van der Waals surface area (Å²) in [7, 11) is 0. The lowest BCUT2D eigenvalue weighted by Crippen LogP contribution is -2.30. The third kappa shape index (κ3) is 3.43. The predicted molar refractivity (Wildman–Crippen MR) is 112 cm³/mol. The number of nitrogens with zero attached hydrogens (tertiary/aromatic N) is 6. The first-order valence-electron chi connectivity index (χ1n) is 9.56. The molecule has 8 heteroatoms. The second-order valence-electron chi connectivity index (χ2n) is 6.95. The Balaban J connectivity index is 1.34. The highest BCUT2D eigenvalue weighted by Crippen LogP contribution is 2.22. The van der Waals surface area contributed by atoms with Crippen molar-refractivity contribution in [3.05, 3.63) is 52.9 Å². The fourth-order valence-corrected chi connectivity index (χ4v) is 4.15. The maximum absolute atomic E-state index is 4.68. The van der Waals surface area contributed by atoms with Crippen molar-refractivity contribution in [1.82, 2.24) is 24.8 Å². The molecule has 0 saturated carbocycles. The number of thiophene rings is 1. The molecule has 1 saturated heterocycles. The molecule has 0 aromatic carbocycles. The van der Waals surface area contributed by atoms with Crippen LogP contribution in [0.25, 0.3) is 17.0 Å². The van der Waals surface area contributed by atoms with Crippen molar-refractivity contribution in [2.45, 2.75) is 25.8 Å². The lowest BCUT2D eigenvalue weighted by Gasteiger charge is -2.27. The molecule has 0 aliphatic carbocycles. The van der Waals surface area contributed by atoms with Gasteiger partial charge in [-0.3, -0.25) is 0 Å². The van der Waals surface area contributed by atoms with Crippen LogP contribution in [0, 0.1) is 0 Å². The summed E-state index contributed by atoms with van der Waals surface area (Å²) in [5.41, 5.74) is 2.96. The second kappa shape index (κ2) is 7.55. The molecular formula is C20H21N7S. The first kappa shape index (κ1) is 17.1. The molecule has 0 atom stereocenters. The van der Waals surface area contributed by atoms with Gasteiger partial charge in [-0.1, -0.05) is 0 Å². The number of anilines is 2. The number of hydrogen-bond donors (Lipinski definition) is 1. The zero-order valence-electron chi connectivity index (χ0n) is 15.5. The fourth-order valence-electron chi connectivity index (χ4n) is 3.51. The molecule has 5 heterocycles. The molecule has 0 spiro atoms. The van der Waals surface area contributed by atoms with Crippen LogP contribution >= 0.6 is 11.3 Å². The molecule has 4 aromatic heterocycles. The van der Waals surface area contributed by atoms with Gasteiger partial charge >= 0.3 is 0 Å². The van der Waals surface area contributed by atoms with E-state index >= 15 is 0 Å². The zero-order chi connectivity index (χ0) is 18.8. The molecule has 1 aliphatic heterocycles. The summed E-state index contributed by atoms with van der Waals surface area (Å²) in [4.78, 5) is 6.93. The van der Waals surface area contributed by atoms with Gasteiger partial charge in [0.2, 0.25) is 0 Å². The van der Waals surface area contributed by atoms with Gasteiger partial charge in [0.25, 0.3) is 0 Å². The molecule has 1 N–H and O–H groups in total. The number of hydrogen-bond acceptors (Lipinski definition) is 7. The van der Waals surface area contributed by atoms with Gasteiger partial charge in [-0.2, -0.15) is 15.9 Å². The summed E-state index contributed by atoms with van der Waals surface area (Å²) in [6.45, 7) is 2.89. The van der Waals surface area contributed by atoms with Crippen LogP contribution < -0.4 is 10.2 Å². The first-order chi connectivity index (χ1) is 13.9. The summed E-state index contributed by atoms with van der Waals surface area (Å²) in [5.74, 6) is 2.62. The van der Waals surface area contributed by atoms with E-state index in [1.54, 1.807) is 15.9 Å². The molecule has 0 amide bonds. The third-order valence-corrected chi connectivity index (χ3v) is 5.69. The summed E-state index contributed by atoms with van der Waals surface area (Å²) >= 11 is 1.64. The Morgan fingerprint density at radius 2 is 1.96 bits per heavy atom. The molecule has 4 aromatic rings. The van der Waals surface area contributed by atoms with E-state index in [0.29, 0.717) is 6.54 Å². The molecule has 7 nitrogen and oxygen atoms in total. The van der Waals surface area contributed by atoms with E-state index in [2.05, 4.69) is 48.0 Å². The summed E-state index contributed by atoms with van der Waals surface area (Å²) in [5, 5.41) is 20.7. The maximum Gasteiger partial charge on any atom is 0.186 e. The van der Waals surface area contributed by atoms with Crippen molar-refractivity contribution in [3.63, 3.8) is 0 Å². The fraction of sp³-hybridized carbons (Fsp3) is 0.300. The molecule has 142 valence electrons. The summed E-state index contributed by atoms with van der Waals surface area (Å²) in [6.07, 6.45) is 5.72. The first-order valence-corrected chi connectivity index (χ1v) is 10.5. The highest BCUT2D eigenvalue weighted by molar-refractivity contribution is 7.08. The van der Waals surface area contributed by atoms with Crippen LogP contribution in [0.15, 0.2) is 47.3 Å². The minimum atomic E-state index is 0.692. The lowest BCUT2D eigenvalue weighted by atomic mass is 10.1.